The van der Waals surface area contributed by atoms with E-state index < -0.39 is 0 Å². The number of unbranched alkanes of at least 4 members (excludes halogenated alkanes) is 2. The molecule has 0 N–H and O–H groups in total. The Balaban J connectivity index is 1.17. The molecule has 0 bridgehead atoms. The summed E-state index contributed by atoms with van der Waals surface area (Å²) in [5.41, 5.74) is 2.14. The van der Waals surface area contributed by atoms with Crippen LogP contribution < -0.4 is 0 Å². The lowest BCUT2D eigenvalue weighted by molar-refractivity contribution is 0.108. The number of aryl methyl sites for hydroxylation is 1. The van der Waals surface area contributed by atoms with Gasteiger partial charge in [-0.05, 0) is 91.2 Å². The van der Waals surface area contributed by atoms with Crippen molar-refractivity contribution in [1.82, 2.24) is 0 Å². The van der Waals surface area contributed by atoms with Crippen LogP contribution in [0.4, 0.5) is 4.39 Å². The Kier molecular flexibility index (Phi) is 9.13. The van der Waals surface area contributed by atoms with E-state index in [1.54, 1.807) is 0 Å². The van der Waals surface area contributed by atoms with Crippen LogP contribution in [0, 0.1) is 35.4 Å². The summed E-state index contributed by atoms with van der Waals surface area (Å²) in [4.78, 5) is 0. The first-order valence-electron chi connectivity index (χ1n) is 14.4. The van der Waals surface area contributed by atoms with E-state index in [4.69, 9.17) is 0 Å². The maximum atomic E-state index is 14.3. The zero-order valence-corrected chi connectivity index (χ0v) is 21.1. The molecule has 4 unspecified atom stereocenters. The van der Waals surface area contributed by atoms with Crippen molar-refractivity contribution in [3.63, 3.8) is 0 Å². The normalized spacial score (nSPS) is 33.1. The van der Waals surface area contributed by atoms with E-state index in [2.05, 4.69) is 13.0 Å². The first-order valence-corrected chi connectivity index (χ1v) is 14.4. The van der Waals surface area contributed by atoms with Gasteiger partial charge in [0.05, 0.1) is 0 Å². The summed E-state index contributed by atoms with van der Waals surface area (Å²) >= 11 is 0. The standard InChI is InChI=1S/C31H49F/c1-3-5-6-7-23-8-10-24(11-9-23)12-13-25-14-15-28-21-29(19-18-27(28)20-25)30-17-16-26(4-2)31(32)22-30/h16-17,22-25,27-29H,3-15,18-21H2,1-2H3. The second kappa shape index (κ2) is 12.0. The number of rotatable bonds is 9. The molecule has 0 aliphatic heterocycles. The third-order valence-electron chi connectivity index (χ3n) is 9.82. The number of benzene rings is 1. The molecule has 0 saturated heterocycles. The maximum absolute atomic E-state index is 14.3. The lowest BCUT2D eigenvalue weighted by Gasteiger charge is -2.43. The van der Waals surface area contributed by atoms with Crippen molar-refractivity contribution in [2.75, 3.05) is 0 Å². The smallest absolute Gasteiger partial charge is 0.126 e. The molecule has 3 aliphatic rings. The first-order chi connectivity index (χ1) is 15.7. The van der Waals surface area contributed by atoms with Crippen LogP contribution in [-0.2, 0) is 6.42 Å². The van der Waals surface area contributed by atoms with Gasteiger partial charge in [-0.3, -0.25) is 0 Å². The summed E-state index contributed by atoms with van der Waals surface area (Å²) < 4.78 is 14.3. The molecular weight excluding hydrogens is 391 g/mol. The molecule has 1 aromatic carbocycles. The molecule has 0 nitrogen and oxygen atoms in total. The molecule has 0 radical (unpaired) electrons. The summed E-state index contributed by atoms with van der Waals surface area (Å²) in [5.74, 6) is 5.56. The minimum atomic E-state index is 0.0193. The van der Waals surface area contributed by atoms with Crippen molar-refractivity contribution >= 4 is 0 Å². The van der Waals surface area contributed by atoms with Crippen LogP contribution in [0.3, 0.4) is 0 Å². The molecule has 1 heteroatoms. The average Bonchev–Trinajstić information content (AvgIpc) is 2.83. The fourth-order valence-electron chi connectivity index (χ4n) is 7.62. The maximum Gasteiger partial charge on any atom is 0.126 e. The SMILES string of the molecule is CCCCCC1CCC(CCC2CCC3CC(c4ccc(CC)c(F)c4)CCC3C2)CC1. The van der Waals surface area contributed by atoms with Gasteiger partial charge in [-0.25, -0.2) is 4.39 Å². The summed E-state index contributed by atoms with van der Waals surface area (Å²) in [6.07, 6.45) is 24.0. The highest BCUT2D eigenvalue weighted by Gasteiger charge is 2.36. The van der Waals surface area contributed by atoms with E-state index in [0.29, 0.717) is 5.92 Å². The Hall–Kier alpha value is -0.850. The summed E-state index contributed by atoms with van der Waals surface area (Å²) in [6, 6.07) is 6.11. The molecule has 3 fully saturated rings. The number of hydrogen-bond acceptors (Lipinski definition) is 0. The van der Waals surface area contributed by atoms with E-state index in [-0.39, 0.29) is 5.82 Å². The van der Waals surface area contributed by atoms with Crippen molar-refractivity contribution in [2.24, 2.45) is 29.6 Å². The van der Waals surface area contributed by atoms with Crippen LogP contribution in [0.15, 0.2) is 18.2 Å². The fraction of sp³-hybridized carbons (Fsp3) is 0.806. The first kappa shape index (κ1) is 24.3. The third kappa shape index (κ3) is 6.38. The van der Waals surface area contributed by atoms with Crippen LogP contribution in [-0.4, -0.2) is 0 Å². The molecule has 32 heavy (non-hydrogen) atoms. The highest BCUT2D eigenvalue weighted by molar-refractivity contribution is 5.27. The quantitative estimate of drug-likeness (QED) is 0.335. The van der Waals surface area contributed by atoms with Crippen LogP contribution in [0.1, 0.15) is 134 Å². The number of hydrogen-bond donors (Lipinski definition) is 0. The monoisotopic (exact) mass is 440 g/mol. The van der Waals surface area contributed by atoms with Crippen LogP contribution in [0.5, 0.6) is 0 Å². The summed E-state index contributed by atoms with van der Waals surface area (Å²) in [5, 5.41) is 0. The summed E-state index contributed by atoms with van der Waals surface area (Å²) in [6.45, 7) is 4.36. The van der Waals surface area contributed by atoms with E-state index in [1.807, 2.05) is 19.1 Å². The van der Waals surface area contributed by atoms with Crippen molar-refractivity contribution in [2.45, 2.75) is 129 Å². The second-order valence-electron chi connectivity index (χ2n) is 11.9. The van der Waals surface area contributed by atoms with Gasteiger partial charge >= 0.3 is 0 Å². The van der Waals surface area contributed by atoms with E-state index in [9.17, 15) is 4.39 Å². The van der Waals surface area contributed by atoms with Gasteiger partial charge in [0.15, 0.2) is 0 Å². The second-order valence-corrected chi connectivity index (χ2v) is 11.9. The van der Waals surface area contributed by atoms with Gasteiger partial charge < -0.3 is 0 Å². The Bertz CT molecular complexity index is 686. The highest BCUT2D eigenvalue weighted by atomic mass is 19.1. The predicted octanol–water partition coefficient (Wildman–Crippen LogP) is 9.85. The van der Waals surface area contributed by atoms with Gasteiger partial charge in [0.1, 0.15) is 5.82 Å². The fourth-order valence-corrected chi connectivity index (χ4v) is 7.62. The van der Waals surface area contributed by atoms with Crippen molar-refractivity contribution < 1.29 is 4.39 Å². The molecule has 0 amide bonds. The average molecular weight is 441 g/mol. The van der Waals surface area contributed by atoms with Crippen LogP contribution in [0.25, 0.3) is 0 Å². The third-order valence-corrected chi connectivity index (χ3v) is 9.82. The lowest BCUT2D eigenvalue weighted by atomic mass is 9.63. The van der Waals surface area contributed by atoms with E-state index in [1.165, 1.54) is 108 Å². The van der Waals surface area contributed by atoms with E-state index >= 15 is 0 Å². The molecule has 0 heterocycles. The molecule has 180 valence electrons. The van der Waals surface area contributed by atoms with Crippen molar-refractivity contribution in [3.05, 3.63) is 35.1 Å². The van der Waals surface area contributed by atoms with Crippen molar-refractivity contribution in [3.8, 4) is 0 Å². The largest absolute Gasteiger partial charge is 0.207 e. The minimum absolute atomic E-state index is 0.0193. The molecule has 3 aliphatic carbocycles. The lowest BCUT2D eigenvalue weighted by Crippen LogP contribution is -2.30. The van der Waals surface area contributed by atoms with Gasteiger partial charge in [-0.2, -0.15) is 0 Å². The molecule has 4 atom stereocenters. The Labute approximate surface area is 198 Å². The van der Waals surface area contributed by atoms with Crippen LogP contribution in [0.2, 0.25) is 0 Å². The van der Waals surface area contributed by atoms with Gasteiger partial charge in [0.25, 0.3) is 0 Å². The summed E-state index contributed by atoms with van der Waals surface area (Å²) in [7, 11) is 0. The zero-order valence-electron chi connectivity index (χ0n) is 21.1. The molecule has 3 saturated carbocycles. The highest BCUT2D eigenvalue weighted by Crippen LogP contribution is 2.49. The Morgan fingerprint density at radius 1 is 0.719 bits per heavy atom. The molecule has 0 aromatic heterocycles. The Morgan fingerprint density at radius 2 is 1.38 bits per heavy atom. The predicted molar refractivity (Wildman–Crippen MR) is 136 cm³/mol. The van der Waals surface area contributed by atoms with E-state index in [0.717, 1.165) is 41.6 Å². The zero-order chi connectivity index (χ0) is 22.3. The number of halogens is 1. The molecule has 0 spiro atoms. The van der Waals surface area contributed by atoms with Gasteiger partial charge in [-0.15, -0.1) is 0 Å². The number of fused-ring (bicyclic) bond motifs is 1. The van der Waals surface area contributed by atoms with Gasteiger partial charge in [0, 0.05) is 0 Å². The van der Waals surface area contributed by atoms with Gasteiger partial charge in [-0.1, -0.05) is 96.6 Å². The molecular formula is C31H49F. The minimum Gasteiger partial charge on any atom is -0.207 e. The molecule has 4 rings (SSSR count). The van der Waals surface area contributed by atoms with Crippen LogP contribution >= 0.6 is 0 Å². The molecule has 1 aromatic rings. The Morgan fingerprint density at radius 3 is 2.09 bits per heavy atom. The van der Waals surface area contributed by atoms with Crippen molar-refractivity contribution in [1.29, 1.82) is 0 Å². The topological polar surface area (TPSA) is 0 Å². The van der Waals surface area contributed by atoms with Gasteiger partial charge in [0.2, 0.25) is 0 Å².